The van der Waals surface area contributed by atoms with E-state index in [-0.39, 0.29) is 0 Å². The summed E-state index contributed by atoms with van der Waals surface area (Å²) < 4.78 is 5.87. The molecule has 1 unspecified atom stereocenters. The SMILES string of the molecule is CC(Cc1ccc(OCc2cccnc2)cc1)NCCC(c1ccccc1)c1ccccc1.O=C(O)/C=C\C(=O)O. The number of pyridine rings is 1. The Kier molecular flexibility index (Phi) is 12.8. The molecule has 0 amide bonds. The Morgan fingerprint density at radius 1 is 0.805 bits per heavy atom. The van der Waals surface area contributed by atoms with Gasteiger partial charge in [-0.25, -0.2) is 9.59 Å². The van der Waals surface area contributed by atoms with Crippen LogP contribution in [0.15, 0.2) is 122 Å². The zero-order valence-corrected chi connectivity index (χ0v) is 23.1. The van der Waals surface area contributed by atoms with Crippen LogP contribution in [0.1, 0.15) is 41.5 Å². The summed E-state index contributed by atoms with van der Waals surface area (Å²) >= 11 is 0. The molecule has 3 N–H and O–H groups in total. The van der Waals surface area contributed by atoms with Gasteiger partial charge in [-0.05, 0) is 61.2 Å². The molecule has 4 aromatic rings. The van der Waals surface area contributed by atoms with E-state index in [4.69, 9.17) is 14.9 Å². The molecule has 3 aromatic carbocycles. The molecule has 7 nitrogen and oxygen atoms in total. The van der Waals surface area contributed by atoms with Gasteiger partial charge in [0.2, 0.25) is 0 Å². The Morgan fingerprint density at radius 2 is 1.39 bits per heavy atom. The van der Waals surface area contributed by atoms with E-state index in [0.717, 1.165) is 30.7 Å². The van der Waals surface area contributed by atoms with Gasteiger partial charge in [-0.15, -0.1) is 0 Å². The first kappa shape index (κ1) is 30.8. The van der Waals surface area contributed by atoms with E-state index in [2.05, 4.69) is 102 Å². The van der Waals surface area contributed by atoms with Crippen molar-refractivity contribution in [2.75, 3.05) is 6.54 Å². The van der Waals surface area contributed by atoms with Crippen LogP contribution in [-0.2, 0) is 22.6 Å². The summed E-state index contributed by atoms with van der Waals surface area (Å²) in [6.45, 7) is 3.77. The van der Waals surface area contributed by atoms with Crippen molar-refractivity contribution in [3.05, 3.63) is 144 Å². The fourth-order valence-corrected chi connectivity index (χ4v) is 4.31. The third-order valence-electron chi connectivity index (χ3n) is 6.29. The van der Waals surface area contributed by atoms with Crippen molar-refractivity contribution >= 4 is 11.9 Å². The van der Waals surface area contributed by atoms with Crippen LogP contribution in [-0.4, -0.2) is 39.7 Å². The summed E-state index contributed by atoms with van der Waals surface area (Å²) in [7, 11) is 0. The highest BCUT2D eigenvalue weighted by Gasteiger charge is 2.14. The monoisotopic (exact) mass is 552 g/mol. The lowest BCUT2D eigenvalue weighted by Crippen LogP contribution is -2.30. The Balaban J connectivity index is 0.000000507. The first-order valence-electron chi connectivity index (χ1n) is 13.5. The number of benzene rings is 3. The van der Waals surface area contributed by atoms with Gasteiger partial charge in [-0.2, -0.15) is 0 Å². The second-order valence-electron chi connectivity index (χ2n) is 9.53. The number of aromatic nitrogens is 1. The van der Waals surface area contributed by atoms with Gasteiger partial charge in [0.25, 0.3) is 0 Å². The van der Waals surface area contributed by atoms with Crippen molar-refractivity contribution < 1.29 is 24.5 Å². The third kappa shape index (κ3) is 11.9. The number of carboxylic acids is 2. The van der Waals surface area contributed by atoms with Crippen LogP contribution >= 0.6 is 0 Å². The van der Waals surface area contributed by atoms with Crippen molar-refractivity contribution in [2.45, 2.75) is 38.3 Å². The molecule has 1 atom stereocenters. The standard InChI is InChI=1S/C30H32N2O.C4H4O4/c1-24(21-25-14-16-29(17-15-25)33-23-26-9-8-19-31-22-26)32-20-18-30(27-10-4-2-5-11-27)28-12-6-3-7-13-28;5-3(6)1-2-4(7)8/h2-17,19,22,24,30,32H,18,20-21,23H2,1H3;1-2H,(H,5,6)(H,7,8)/b;2-1-. The molecular formula is C34H36N2O5. The van der Waals surface area contributed by atoms with E-state index in [0.29, 0.717) is 30.7 Å². The minimum Gasteiger partial charge on any atom is -0.489 e. The van der Waals surface area contributed by atoms with Crippen molar-refractivity contribution in [1.82, 2.24) is 10.3 Å². The molecule has 41 heavy (non-hydrogen) atoms. The molecule has 0 bridgehead atoms. The maximum atomic E-state index is 9.55. The van der Waals surface area contributed by atoms with Crippen LogP contribution in [0.25, 0.3) is 0 Å². The molecule has 0 spiro atoms. The molecule has 0 fully saturated rings. The van der Waals surface area contributed by atoms with Crippen LogP contribution in [0, 0.1) is 0 Å². The van der Waals surface area contributed by atoms with Gasteiger partial charge in [0.1, 0.15) is 12.4 Å². The van der Waals surface area contributed by atoms with Gasteiger partial charge in [0, 0.05) is 42.1 Å². The second kappa shape index (κ2) is 17.0. The van der Waals surface area contributed by atoms with Gasteiger partial charge < -0.3 is 20.3 Å². The van der Waals surface area contributed by atoms with E-state index in [9.17, 15) is 9.59 Å². The Morgan fingerprint density at radius 3 is 1.90 bits per heavy atom. The smallest absolute Gasteiger partial charge is 0.328 e. The zero-order chi connectivity index (χ0) is 29.3. The number of hydrogen-bond donors (Lipinski definition) is 3. The van der Waals surface area contributed by atoms with Crippen molar-refractivity contribution in [2.24, 2.45) is 0 Å². The molecule has 0 radical (unpaired) electrons. The fourth-order valence-electron chi connectivity index (χ4n) is 4.31. The van der Waals surface area contributed by atoms with E-state index >= 15 is 0 Å². The van der Waals surface area contributed by atoms with Crippen LogP contribution in [0.4, 0.5) is 0 Å². The van der Waals surface area contributed by atoms with Gasteiger partial charge in [-0.3, -0.25) is 4.98 Å². The fraction of sp³-hybridized carbons (Fsp3) is 0.206. The maximum Gasteiger partial charge on any atom is 0.328 e. The molecular weight excluding hydrogens is 516 g/mol. The molecule has 1 aromatic heterocycles. The van der Waals surface area contributed by atoms with Crippen molar-refractivity contribution in [1.29, 1.82) is 0 Å². The highest BCUT2D eigenvalue weighted by Crippen LogP contribution is 2.27. The number of carboxylic acid groups (broad SMARTS) is 2. The first-order valence-corrected chi connectivity index (χ1v) is 13.5. The average molecular weight is 553 g/mol. The van der Waals surface area contributed by atoms with E-state index in [1.165, 1.54) is 16.7 Å². The topological polar surface area (TPSA) is 109 Å². The zero-order valence-electron chi connectivity index (χ0n) is 23.1. The van der Waals surface area contributed by atoms with Gasteiger partial charge in [0.15, 0.2) is 0 Å². The van der Waals surface area contributed by atoms with E-state index in [1.807, 2.05) is 18.3 Å². The Labute approximate surface area is 241 Å². The quantitative estimate of drug-likeness (QED) is 0.172. The molecule has 0 saturated heterocycles. The van der Waals surface area contributed by atoms with Crippen LogP contribution in [0.5, 0.6) is 5.75 Å². The number of ether oxygens (including phenoxy) is 1. The average Bonchev–Trinajstić information content (AvgIpc) is 3.00. The highest BCUT2D eigenvalue weighted by atomic mass is 16.5. The number of hydrogen-bond acceptors (Lipinski definition) is 5. The second-order valence-corrected chi connectivity index (χ2v) is 9.53. The van der Waals surface area contributed by atoms with Crippen LogP contribution < -0.4 is 10.1 Å². The maximum absolute atomic E-state index is 9.55. The minimum atomic E-state index is -1.26. The largest absolute Gasteiger partial charge is 0.489 e. The normalized spacial score (nSPS) is 11.5. The van der Waals surface area contributed by atoms with Gasteiger partial charge in [-0.1, -0.05) is 78.9 Å². The van der Waals surface area contributed by atoms with Gasteiger partial charge in [0.05, 0.1) is 0 Å². The lowest BCUT2D eigenvalue weighted by atomic mass is 9.88. The summed E-state index contributed by atoms with van der Waals surface area (Å²) in [6.07, 6.45) is 6.78. The Bertz CT molecular complexity index is 1290. The van der Waals surface area contributed by atoms with Gasteiger partial charge >= 0.3 is 11.9 Å². The molecule has 1 heterocycles. The number of rotatable bonds is 13. The minimum absolute atomic E-state index is 0.402. The van der Waals surface area contributed by atoms with Crippen LogP contribution in [0.3, 0.4) is 0 Å². The molecule has 0 saturated carbocycles. The lowest BCUT2D eigenvalue weighted by molar-refractivity contribution is -0.134. The third-order valence-corrected chi connectivity index (χ3v) is 6.29. The molecule has 0 aliphatic carbocycles. The Hall–Kier alpha value is -4.75. The number of nitrogens with zero attached hydrogens (tertiary/aromatic N) is 1. The van der Waals surface area contributed by atoms with Crippen LogP contribution in [0.2, 0.25) is 0 Å². The molecule has 212 valence electrons. The molecule has 7 heteroatoms. The number of aliphatic carboxylic acids is 2. The van der Waals surface area contributed by atoms with Crippen molar-refractivity contribution in [3.8, 4) is 5.75 Å². The molecule has 0 aliphatic heterocycles. The molecule has 4 rings (SSSR count). The predicted molar refractivity (Wildman–Crippen MR) is 160 cm³/mol. The summed E-state index contributed by atoms with van der Waals surface area (Å²) in [6, 6.07) is 34.4. The molecule has 0 aliphatic rings. The summed E-state index contributed by atoms with van der Waals surface area (Å²) in [4.78, 5) is 23.2. The predicted octanol–water partition coefficient (Wildman–Crippen LogP) is 6.12. The lowest BCUT2D eigenvalue weighted by Gasteiger charge is -2.20. The van der Waals surface area contributed by atoms with E-state index in [1.54, 1.807) is 6.20 Å². The number of carbonyl (C=O) groups is 2. The van der Waals surface area contributed by atoms with E-state index < -0.39 is 11.9 Å². The number of nitrogens with one attached hydrogen (secondary N) is 1. The first-order chi connectivity index (χ1) is 19.9. The summed E-state index contributed by atoms with van der Waals surface area (Å²) in [5.41, 5.74) is 5.13. The summed E-state index contributed by atoms with van der Waals surface area (Å²) in [5.74, 6) is -1.22. The van der Waals surface area contributed by atoms with Crippen molar-refractivity contribution in [3.63, 3.8) is 0 Å². The summed E-state index contributed by atoms with van der Waals surface area (Å²) in [5, 5.41) is 19.3. The highest BCUT2D eigenvalue weighted by molar-refractivity contribution is 5.89.